The van der Waals surface area contributed by atoms with Crippen LogP contribution in [0.3, 0.4) is 0 Å². The first-order valence-corrected chi connectivity index (χ1v) is 6.88. The molecule has 17 heavy (non-hydrogen) atoms. The monoisotopic (exact) mass is 295 g/mol. The number of hydrogen-bond acceptors (Lipinski definition) is 1. The standard InChI is InChI=1S/C14H18BrNO/c1-10-3-4-12(13(15)7-10)5-6-14(17)16-8-11(2)9-16/h3-4,7,11H,5-6,8-9H2,1-2H3. The Morgan fingerprint density at radius 3 is 2.76 bits per heavy atom. The number of benzene rings is 1. The van der Waals surface area contributed by atoms with Crippen molar-refractivity contribution >= 4 is 21.8 Å². The molecule has 92 valence electrons. The molecule has 1 saturated heterocycles. The minimum Gasteiger partial charge on any atom is -0.342 e. The fourth-order valence-corrected chi connectivity index (χ4v) is 2.85. The van der Waals surface area contributed by atoms with Gasteiger partial charge in [-0.05, 0) is 36.5 Å². The van der Waals surface area contributed by atoms with E-state index in [2.05, 4.69) is 48.0 Å². The first-order valence-electron chi connectivity index (χ1n) is 6.09. The van der Waals surface area contributed by atoms with E-state index >= 15 is 0 Å². The highest BCUT2D eigenvalue weighted by atomic mass is 79.9. The van der Waals surface area contributed by atoms with E-state index in [-0.39, 0.29) is 5.91 Å². The lowest BCUT2D eigenvalue weighted by Gasteiger charge is -2.37. The Hall–Kier alpha value is -0.830. The number of likely N-dealkylation sites (tertiary alicyclic amines) is 1. The van der Waals surface area contributed by atoms with Crippen LogP contribution in [0.25, 0.3) is 0 Å². The van der Waals surface area contributed by atoms with Gasteiger partial charge in [-0.1, -0.05) is 35.0 Å². The third-order valence-electron chi connectivity index (χ3n) is 3.23. The maximum Gasteiger partial charge on any atom is 0.222 e. The summed E-state index contributed by atoms with van der Waals surface area (Å²) < 4.78 is 1.11. The molecule has 1 heterocycles. The first kappa shape index (κ1) is 12.6. The molecular weight excluding hydrogens is 278 g/mol. The lowest BCUT2D eigenvalue weighted by atomic mass is 10.0. The van der Waals surface area contributed by atoms with Gasteiger partial charge in [-0.3, -0.25) is 4.79 Å². The Kier molecular flexibility index (Phi) is 3.87. The molecule has 0 atom stereocenters. The summed E-state index contributed by atoms with van der Waals surface area (Å²) in [6.45, 7) is 6.13. The van der Waals surface area contributed by atoms with Crippen LogP contribution in [0.2, 0.25) is 0 Å². The van der Waals surface area contributed by atoms with Crippen molar-refractivity contribution < 1.29 is 4.79 Å². The highest BCUT2D eigenvalue weighted by Gasteiger charge is 2.26. The quantitative estimate of drug-likeness (QED) is 0.839. The molecule has 0 bridgehead atoms. The van der Waals surface area contributed by atoms with Gasteiger partial charge < -0.3 is 4.90 Å². The van der Waals surface area contributed by atoms with Crippen LogP contribution in [0.4, 0.5) is 0 Å². The highest BCUT2D eigenvalue weighted by molar-refractivity contribution is 9.10. The Morgan fingerprint density at radius 2 is 2.18 bits per heavy atom. The Bertz CT molecular complexity index is 424. The number of hydrogen-bond donors (Lipinski definition) is 0. The maximum absolute atomic E-state index is 11.8. The van der Waals surface area contributed by atoms with E-state index in [1.807, 2.05) is 4.90 Å². The molecule has 2 rings (SSSR count). The fraction of sp³-hybridized carbons (Fsp3) is 0.500. The number of amides is 1. The Labute approximate surface area is 111 Å². The summed E-state index contributed by atoms with van der Waals surface area (Å²) in [5, 5.41) is 0. The number of aryl methyl sites for hydroxylation is 2. The van der Waals surface area contributed by atoms with Crippen molar-refractivity contribution in [2.75, 3.05) is 13.1 Å². The summed E-state index contributed by atoms with van der Waals surface area (Å²) >= 11 is 3.55. The minimum absolute atomic E-state index is 0.288. The van der Waals surface area contributed by atoms with Crippen molar-refractivity contribution in [1.29, 1.82) is 0 Å². The zero-order chi connectivity index (χ0) is 12.4. The summed E-state index contributed by atoms with van der Waals surface area (Å²) in [6.07, 6.45) is 1.44. The molecular formula is C14H18BrNO. The molecule has 2 nitrogen and oxygen atoms in total. The van der Waals surface area contributed by atoms with Gasteiger partial charge in [-0.15, -0.1) is 0 Å². The van der Waals surface area contributed by atoms with Gasteiger partial charge in [0.25, 0.3) is 0 Å². The molecule has 0 radical (unpaired) electrons. The topological polar surface area (TPSA) is 20.3 Å². The van der Waals surface area contributed by atoms with Crippen molar-refractivity contribution in [2.45, 2.75) is 26.7 Å². The van der Waals surface area contributed by atoms with Crippen molar-refractivity contribution in [2.24, 2.45) is 5.92 Å². The van der Waals surface area contributed by atoms with Gasteiger partial charge in [0.05, 0.1) is 0 Å². The largest absolute Gasteiger partial charge is 0.342 e. The summed E-state index contributed by atoms with van der Waals surface area (Å²) in [4.78, 5) is 13.8. The molecule has 0 aromatic heterocycles. The van der Waals surface area contributed by atoms with Gasteiger partial charge in [0, 0.05) is 24.0 Å². The molecule has 1 amide bonds. The van der Waals surface area contributed by atoms with Gasteiger partial charge in [0.1, 0.15) is 0 Å². The first-order chi connectivity index (χ1) is 8.06. The van der Waals surface area contributed by atoms with E-state index in [4.69, 9.17) is 0 Å². The zero-order valence-corrected chi connectivity index (χ0v) is 12.0. The van der Waals surface area contributed by atoms with E-state index in [0.29, 0.717) is 12.3 Å². The highest BCUT2D eigenvalue weighted by Crippen LogP contribution is 2.21. The minimum atomic E-state index is 0.288. The van der Waals surface area contributed by atoms with Crippen LogP contribution in [-0.4, -0.2) is 23.9 Å². The second-order valence-electron chi connectivity index (χ2n) is 5.00. The summed E-state index contributed by atoms with van der Waals surface area (Å²) in [7, 11) is 0. The number of nitrogens with zero attached hydrogens (tertiary/aromatic N) is 1. The van der Waals surface area contributed by atoms with Crippen molar-refractivity contribution in [3.8, 4) is 0 Å². The SMILES string of the molecule is Cc1ccc(CCC(=O)N2CC(C)C2)c(Br)c1. The molecule has 1 aromatic rings. The van der Waals surface area contributed by atoms with E-state index in [0.717, 1.165) is 24.0 Å². The fourth-order valence-electron chi connectivity index (χ4n) is 2.16. The number of carbonyl (C=O) groups excluding carboxylic acids is 1. The van der Waals surface area contributed by atoms with Crippen molar-refractivity contribution in [3.63, 3.8) is 0 Å². The molecule has 1 fully saturated rings. The van der Waals surface area contributed by atoms with Gasteiger partial charge in [-0.25, -0.2) is 0 Å². The lowest BCUT2D eigenvalue weighted by molar-refractivity contribution is -0.137. The van der Waals surface area contributed by atoms with Crippen LogP contribution in [0.15, 0.2) is 22.7 Å². The average molecular weight is 296 g/mol. The zero-order valence-electron chi connectivity index (χ0n) is 10.4. The van der Waals surface area contributed by atoms with Crippen LogP contribution in [0.5, 0.6) is 0 Å². The average Bonchev–Trinajstić information content (AvgIpc) is 2.23. The molecule has 1 aliphatic heterocycles. The third-order valence-corrected chi connectivity index (χ3v) is 3.97. The summed E-state index contributed by atoms with van der Waals surface area (Å²) in [5.41, 5.74) is 2.46. The van der Waals surface area contributed by atoms with E-state index < -0.39 is 0 Å². The normalized spacial score (nSPS) is 15.8. The van der Waals surface area contributed by atoms with Crippen LogP contribution >= 0.6 is 15.9 Å². The maximum atomic E-state index is 11.8. The van der Waals surface area contributed by atoms with Crippen LogP contribution < -0.4 is 0 Å². The second-order valence-corrected chi connectivity index (χ2v) is 5.85. The predicted molar refractivity (Wildman–Crippen MR) is 72.9 cm³/mol. The Balaban J connectivity index is 1.87. The van der Waals surface area contributed by atoms with Gasteiger partial charge in [0.2, 0.25) is 5.91 Å². The molecule has 1 aliphatic rings. The van der Waals surface area contributed by atoms with E-state index in [1.54, 1.807) is 0 Å². The van der Waals surface area contributed by atoms with Crippen LogP contribution in [0.1, 0.15) is 24.5 Å². The summed E-state index contributed by atoms with van der Waals surface area (Å²) in [6, 6.07) is 6.30. The van der Waals surface area contributed by atoms with E-state index in [1.165, 1.54) is 11.1 Å². The number of rotatable bonds is 3. The van der Waals surface area contributed by atoms with Crippen molar-refractivity contribution in [3.05, 3.63) is 33.8 Å². The number of halogens is 1. The molecule has 0 aliphatic carbocycles. The number of carbonyl (C=O) groups is 1. The third kappa shape index (κ3) is 3.09. The molecule has 0 N–H and O–H groups in total. The van der Waals surface area contributed by atoms with Gasteiger partial charge in [-0.2, -0.15) is 0 Å². The molecule has 0 saturated carbocycles. The molecule has 0 spiro atoms. The van der Waals surface area contributed by atoms with Crippen LogP contribution in [0, 0.1) is 12.8 Å². The van der Waals surface area contributed by atoms with E-state index in [9.17, 15) is 4.79 Å². The second kappa shape index (κ2) is 5.21. The molecule has 3 heteroatoms. The van der Waals surface area contributed by atoms with Gasteiger partial charge >= 0.3 is 0 Å². The van der Waals surface area contributed by atoms with Crippen molar-refractivity contribution in [1.82, 2.24) is 4.90 Å². The van der Waals surface area contributed by atoms with Gasteiger partial charge in [0.15, 0.2) is 0 Å². The lowest BCUT2D eigenvalue weighted by Crippen LogP contribution is -2.48. The molecule has 0 unspecified atom stereocenters. The predicted octanol–water partition coefficient (Wildman–Crippen LogP) is 3.17. The summed E-state index contributed by atoms with van der Waals surface area (Å²) in [5.74, 6) is 0.973. The Morgan fingerprint density at radius 1 is 1.47 bits per heavy atom. The smallest absolute Gasteiger partial charge is 0.222 e. The molecule has 1 aromatic carbocycles. The van der Waals surface area contributed by atoms with Crippen LogP contribution in [-0.2, 0) is 11.2 Å².